The zero-order valence-corrected chi connectivity index (χ0v) is 14.6. The van der Waals surface area contributed by atoms with Crippen molar-refractivity contribution in [2.45, 2.75) is 13.1 Å². The largest absolute Gasteiger partial charge is 0.493 e. The predicted molar refractivity (Wildman–Crippen MR) is 92.8 cm³/mol. The molecule has 0 aliphatic heterocycles. The topological polar surface area (TPSA) is 59.6 Å². The van der Waals surface area contributed by atoms with E-state index in [4.69, 9.17) is 9.47 Å². The van der Waals surface area contributed by atoms with Crippen molar-refractivity contribution < 1.29 is 14.3 Å². The Hall–Kier alpha value is -2.21. The Balaban J connectivity index is 1.84. The van der Waals surface area contributed by atoms with Gasteiger partial charge in [0.2, 0.25) is 0 Å². The van der Waals surface area contributed by atoms with E-state index < -0.39 is 0 Å². The molecule has 0 aromatic heterocycles. The lowest BCUT2D eigenvalue weighted by molar-refractivity contribution is 0.240. The van der Waals surface area contributed by atoms with Gasteiger partial charge in [0.05, 0.1) is 14.2 Å². The summed E-state index contributed by atoms with van der Waals surface area (Å²) in [5.74, 6) is 1.30. The second-order valence-corrected chi connectivity index (χ2v) is 5.77. The summed E-state index contributed by atoms with van der Waals surface area (Å²) in [6.07, 6.45) is 0. The van der Waals surface area contributed by atoms with Gasteiger partial charge >= 0.3 is 6.03 Å². The summed E-state index contributed by atoms with van der Waals surface area (Å²) in [6, 6.07) is 13.1. The van der Waals surface area contributed by atoms with Gasteiger partial charge in [-0.15, -0.1) is 0 Å². The van der Waals surface area contributed by atoms with E-state index in [9.17, 15) is 4.79 Å². The van der Waals surface area contributed by atoms with E-state index in [1.54, 1.807) is 14.2 Å². The summed E-state index contributed by atoms with van der Waals surface area (Å²) in [5, 5.41) is 5.64. The number of carbonyl (C=O) groups excluding carboxylic acids is 1. The van der Waals surface area contributed by atoms with Crippen molar-refractivity contribution in [2.75, 3.05) is 14.2 Å². The number of benzene rings is 2. The van der Waals surface area contributed by atoms with Gasteiger partial charge in [-0.1, -0.05) is 34.1 Å². The predicted octanol–water partition coefficient (Wildman–Crippen LogP) is 3.47. The molecule has 122 valence electrons. The number of rotatable bonds is 6. The molecule has 0 aliphatic rings. The minimum Gasteiger partial charge on any atom is -0.493 e. The van der Waals surface area contributed by atoms with Crippen LogP contribution in [-0.4, -0.2) is 20.3 Å². The summed E-state index contributed by atoms with van der Waals surface area (Å²) >= 11 is 3.41. The Morgan fingerprint density at radius 1 is 0.957 bits per heavy atom. The lowest BCUT2D eigenvalue weighted by Gasteiger charge is -2.11. The maximum Gasteiger partial charge on any atom is 0.315 e. The molecule has 0 radical (unpaired) electrons. The highest BCUT2D eigenvalue weighted by molar-refractivity contribution is 9.10. The van der Waals surface area contributed by atoms with E-state index in [0.29, 0.717) is 24.6 Å². The van der Waals surface area contributed by atoms with Crippen LogP contribution in [-0.2, 0) is 13.1 Å². The van der Waals surface area contributed by atoms with Crippen molar-refractivity contribution >= 4 is 22.0 Å². The van der Waals surface area contributed by atoms with Crippen molar-refractivity contribution in [3.63, 3.8) is 0 Å². The fourth-order valence-corrected chi connectivity index (χ4v) is 2.51. The molecule has 0 fully saturated rings. The third kappa shape index (κ3) is 5.17. The van der Waals surface area contributed by atoms with Crippen LogP contribution in [0.15, 0.2) is 46.9 Å². The standard InChI is InChI=1S/C17H19BrN2O3/c1-22-15-7-6-13(9-16(15)23-2)11-20-17(21)19-10-12-4-3-5-14(18)8-12/h3-9H,10-11H2,1-2H3,(H2,19,20,21). The Labute approximate surface area is 144 Å². The SMILES string of the molecule is COc1ccc(CNC(=O)NCc2cccc(Br)c2)cc1OC. The number of amides is 2. The van der Waals surface area contributed by atoms with Gasteiger partial charge in [0.25, 0.3) is 0 Å². The number of methoxy groups -OCH3 is 2. The molecule has 0 saturated carbocycles. The van der Waals surface area contributed by atoms with E-state index in [0.717, 1.165) is 15.6 Å². The second kappa shape index (κ2) is 8.43. The normalized spacial score (nSPS) is 10.0. The highest BCUT2D eigenvalue weighted by Crippen LogP contribution is 2.27. The first kappa shape index (κ1) is 17.1. The molecule has 2 N–H and O–H groups in total. The van der Waals surface area contributed by atoms with Gasteiger partial charge in [-0.2, -0.15) is 0 Å². The lowest BCUT2D eigenvalue weighted by Crippen LogP contribution is -2.34. The number of ether oxygens (including phenoxy) is 2. The molecule has 2 aromatic carbocycles. The van der Waals surface area contributed by atoms with Crippen molar-refractivity contribution in [2.24, 2.45) is 0 Å². The van der Waals surface area contributed by atoms with E-state index in [-0.39, 0.29) is 6.03 Å². The molecule has 6 heteroatoms. The highest BCUT2D eigenvalue weighted by atomic mass is 79.9. The third-order valence-corrected chi connectivity index (χ3v) is 3.74. The molecule has 0 saturated heterocycles. The molecule has 23 heavy (non-hydrogen) atoms. The van der Waals surface area contributed by atoms with Crippen molar-refractivity contribution in [1.82, 2.24) is 10.6 Å². The molecule has 2 aromatic rings. The molecule has 0 spiro atoms. The Morgan fingerprint density at radius 3 is 2.22 bits per heavy atom. The molecule has 0 unspecified atom stereocenters. The fraction of sp³-hybridized carbons (Fsp3) is 0.235. The second-order valence-electron chi connectivity index (χ2n) is 4.86. The first-order valence-corrected chi connectivity index (χ1v) is 7.88. The van der Waals surface area contributed by atoms with Gasteiger partial charge in [0.15, 0.2) is 11.5 Å². The zero-order chi connectivity index (χ0) is 16.7. The molecule has 5 nitrogen and oxygen atoms in total. The number of hydrogen-bond donors (Lipinski definition) is 2. The number of urea groups is 1. The summed E-state index contributed by atoms with van der Waals surface area (Å²) in [4.78, 5) is 11.9. The summed E-state index contributed by atoms with van der Waals surface area (Å²) < 4.78 is 11.4. The maximum atomic E-state index is 11.9. The van der Waals surface area contributed by atoms with Gasteiger partial charge in [0, 0.05) is 17.6 Å². The number of carbonyl (C=O) groups is 1. The van der Waals surface area contributed by atoms with Gasteiger partial charge in [-0.3, -0.25) is 0 Å². The van der Waals surface area contributed by atoms with Crippen LogP contribution in [0, 0.1) is 0 Å². The van der Waals surface area contributed by atoms with Crippen LogP contribution in [0.2, 0.25) is 0 Å². The molecule has 0 atom stereocenters. The van der Waals surface area contributed by atoms with Crippen LogP contribution in [0.25, 0.3) is 0 Å². The van der Waals surface area contributed by atoms with Crippen molar-refractivity contribution in [3.8, 4) is 11.5 Å². The van der Waals surface area contributed by atoms with Crippen LogP contribution in [0.4, 0.5) is 4.79 Å². The molecular formula is C17H19BrN2O3. The first-order chi connectivity index (χ1) is 11.1. The maximum absolute atomic E-state index is 11.9. The number of nitrogens with one attached hydrogen (secondary N) is 2. The summed E-state index contributed by atoms with van der Waals surface area (Å²) in [7, 11) is 3.17. The smallest absolute Gasteiger partial charge is 0.315 e. The fourth-order valence-electron chi connectivity index (χ4n) is 2.06. The van der Waals surface area contributed by atoms with Gasteiger partial charge in [0.1, 0.15) is 0 Å². The molecule has 2 rings (SSSR count). The van der Waals surface area contributed by atoms with Crippen LogP contribution in [0.3, 0.4) is 0 Å². The molecule has 0 heterocycles. The number of hydrogen-bond acceptors (Lipinski definition) is 3. The average Bonchev–Trinajstić information content (AvgIpc) is 2.57. The quantitative estimate of drug-likeness (QED) is 0.808. The van der Waals surface area contributed by atoms with E-state index in [1.165, 1.54) is 0 Å². The summed E-state index contributed by atoms with van der Waals surface area (Å²) in [6.45, 7) is 0.877. The minimum absolute atomic E-state index is 0.222. The Kier molecular flexibility index (Phi) is 6.29. The van der Waals surface area contributed by atoms with Crippen LogP contribution in [0.5, 0.6) is 11.5 Å². The average molecular weight is 379 g/mol. The Bertz CT molecular complexity index is 677. The van der Waals surface area contributed by atoms with Crippen molar-refractivity contribution in [1.29, 1.82) is 0 Å². The van der Waals surface area contributed by atoms with Crippen molar-refractivity contribution in [3.05, 3.63) is 58.1 Å². The highest BCUT2D eigenvalue weighted by Gasteiger charge is 2.06. The van der Waals surface area contributed by atoms with E-state index in [2.05, 4.69) is 26.6 Å². The Morgan fingerprint density at radius 2 is 1.61 bits per heavy atom. The molecule has 0 bridgehead atoms. The van der Waals surface area contributed by atoms with Gasteiger partial charge < -0.3 is 20.1 Å². The molecular weight excluding hydrogens is 360 g/mol. The zero-order valence-electron chi connectivity index (χ0n) is 13.1. The van der Waals surface area contributed by atoms with Gasteiger partial charge in [-0.05, 0) is 35.4 Å². The minimum atomic E-state index is -0.222. The van der Waals surface area contributed by atoms with Crippen LogP contribution in [0.1, 0.15) is 11.1 Å². The van der Waals surface area contributed by atoms with E-state index >= 15 is 0 Å². The summed E-state index contributed by atoms with van der Waals surface area (Å²) in [5.41, 5.74) is 1.96. The van der Waals surface area contributed by atoms with Crippen LogP contribution < -0.4 is 20.1 Å². The lowest BCUT2D eigenvalue weighted by atomic mass is 10.2. The first-order valence-electron chi connectivity index (χ1n) is 7.09. The van der Waals surface area contributed by atoms with Gasteiger partial charge in [-0.25, -0.2) is 4.79 Å². The molecule has 0 aliphatic carbocycles. The molecule has 2 amide bonds. The van der Waals surface area contributed by atoms with Crippen LogP contribution >= 0.6 is 15.9 Å². The third-order valence-electron chi connectivity index (χ3n) is 3.24. The monoisotopic (exact) mass is 378 g/mol. The number of halogens is 1. The van der Waals surface area contributed by atoms with E-state index in [1.807, 2.05) is 42.5 Å².